The molecule has 4 heteroatoms. The van der Waals surface area contributed by atoms with Gasteiger partial charge in [0.25, 0.3) is 0 Å². The number of aliphatic hydroxyl groups excluding tert-OH is 1. The molecule has 1 aromatic heterocycles. The Hall–Kier alpha value is -0.870. The SMILES string of the molecule is Cn1ccc(CC(O)C2CCOC2)n1. The number of hydrogen-bond acceptors (Lipinski definition) is 3. The Morgan fingerprint density at radius 1 is 1.79 bits per heavy atom. The summed E-state index contributed by atoms with van der Waals surface area (Å²) in [6, 6.07) is 1.94. The van der Waals surface area contributed by atoms with E-state index in [1.165, 1.54) is 0 Å². The van der Waals surface area contributed by atoms with Crippen LogP contribution in [0.15, 0.2) is 12.3 Å². The molecule has 0 spiro atoms. The molecule has 0 aromatic carbocycles. The Morgan fingerprint density at radius 3 is 3.21 bits per heavy atom. The minimum absolute atomic E-state index is 0.289. The molecule has 1 aromatic rings. The molecule has 1 aliphatic rings. The lowest BCUT2D eigenvalue weighted by Crippen LogP contribution is -2.23. The first kappa shape index (κ1) is 9.68. The number of aromatic nitrogens is 2. The molecule has 1 aliphatic heterocycles. The average molecular weight is 196 g/mol. The molecule has 1 saturated heterocycles. The molecule has 78 valence electrons. The molecule has 2 atom stereocenters. The van der Waals surface area contributed by atoms with E-state index in [9.17, 15) is 5.11 Å². The predicted molar refractivity (Wildman–Crippen MR) is 51.8 cm³/mol. The van der Waals surface area contributed by atoms with Crippen molar-refractivity contribution in [2.75, 3.05) is 13.2 Å². The lowest BCUT2D eigenvalue weighted by atomic mass is 9.98. The van der Waals surface area contributed by atoms with E-state index in [-0.39, 0.29) is 12.0 Å². The first-order chi connectivity index (χ1) is 6.75. The van der Waals surface area contributed by atoms with Gasteiger partial charge < -0.3 is 9.84 Å². The first-order valence-corrected chi connectivity index (χ1v) is 5.00. The van der Waals surface area contributed by atoms with Crippen molar-refractivity contribution in [1.29, 1.82) is 0 Å². The van der Waals surface area contributed by atoms with Crippen molar-refractivity contribution in [3.63, 3.8) is 0 Å². The molecule has 2 rings (SSSR count). The fourth-order valence-electron chi connectivity index (χ4n) is 1.81. The number of aliphatic hydroxyl groups is 1. The van der Waals surface area contributed by atoms with E-state index in [0.717, 1.165) is 18.7 Å². The molecule has 1 N–H and O–H groups in total. The molecule has 0 radical (unpaired) electrons. The van der Waals surface area contributed by atoms with Gasteiger partial charge in [-0.25, -0.2) is 0 Å². The van der Waals surface area contributed by atoms with Crippen LogP contribution in [0.3, 0.4) is 0 Å². The normalized spacial score (nSPS) is 24.0. The summed E-state index contributed by atoms with van der Waals surface area (Å²) >= 11 is 0. The Balaban J connectivity index is 1.90. The van der Waals surface area contributed by atoms with E-state index in [4.69, 9.17) is 4.74 Å². The largest absolute Gasteiger partial charge is 0.392 e. The number of nitrogens with zero attached hydrogens (tertiary/aromatic N) is 2. The number of ether oxygens (including phenoxy) is 1. The van der Waals surface area contributed by atoms with E-state index in [1.54, 1.807) is 4.68 Å². The van der Waals surface area contributed by atoms with Crippen molar-refractivity contribution >= 4 is 0 Å². The maximum absolute atomic E-state index is 9.88. The van der Waals surface area contributed by atoms with Crippen LogP contribution in [0.2, 0.25) is 0 Å². The Labute approximate surface area is 83.5 Å². The molecule has 4 nitrogen and oxygen atoms in total. The molecule has 0 amide bonds. The quantitative estimate of drug-likeness (QED) is 0.759. The molecule has 1 fully saturated rings. The highest BCUT2D eigenvalue weighted by Crippen LogP contribution is 2.18. The average Bonchev–Trinajstić information content (AvgIpc) is 2.75. The molecule has 2 heterocycles. The highest BCUT2D eigenvalue weighted by atomic mass is 16.5. The summed E-state index contributed by atoms with van der Waals surface area (Å²) in [7, 11) is 1.88. The summed E-state index contributed by atoms with van der Waals surface area (Å²) in [5.74, 6) is 0.289. The van der Waals surface area contributed by atoms with Crippen LogP contribution in [0.5, 0.6) is 0 Å². The van der Waals surface area contributed by atoms with E-state index in [0.29, 0.717) is 13.0 Å². The van der Waals surface area contributed by atoms with Crippen LogP contribution < -0.4 is 0 Å². The minimum Gasteiger partial charge on any atom is -0.392 e. The van der Waals surface area contributed by atoms with Gasteiger partial charge in [0.05, 0.1) is 18.4 Å². The van der Waals surface area contributed by atoms with Crippen molar-refractivity contribution in [2.24, 2.45) is 13.0 Å². The van der Waals surface area contributed by atoms with Crippen LogP contribution in [-0.2, 0) is 18.2 Å². The summed E-state index contributed by atoms with van der Waals surface area (Å²) in [5, 5.41) is 14.1. The summed E-state index contributed by atoms with van der Waals surface area (Å²) in [5.41, 5.74) is 0.951. The minimum atomic E-state index is -0.313. The van der Waals surface area contributed by atoms with Crippen molar-refractivity contribution in [1.82, 2.24) is 9.78 Å². The zero-order valence-corrected chi connectivity index (χ0v) is 8.39. The van der Waals surface area contributed by atoms with Crippen LogP contribution >= 0.6 is 0 Å². The number of hydrogen-bond donors (Lipinski definition) is 1. The van der Waals surface area contributed by atoms with Gasteiger partial charge in [-0.2, -0.15) is 5.10 Å². The lowest BCUT2D eigenvalue weighted by Gasteiger charge is -2.14. The maximum atomic E-state index is 9.88. The smallest absolute Gasteiger partial charge is 0.0650 e. The Morgan fingerprint density at radius 2 is 2.64 bits per heavy atom. The predicted octanol–water partition coefficient (Wildman–Crippen LogP) is 0.360. The van der Waals surface area contributed by atoms with E-state index in [1.807, 2.05) is 19.3 Å². The third-order valence-electron chi connectivity index (χ3n) is 2.70. The zero-order chi connectivity index (χ0) is 9.97. The zero-order valence-electron chi connectivity index (χ0n) is 8.39. The number of rotatable bonds is 3. The highest BCUT2D eigenvalue weighted by Gasteiger charge is 2.24. The fourth-order valence-corrected chi connectivity index (χ4v) is 1.81. The monoisotopic (exact) mass is 196 g/mol. The van der Waals surface area contributed by atoms with Gasteiger partial charge in [-0.3, -0.25) is 4.68 Å². The molecule has 2 unspecified atom stereocenters. The van der Waals surface area contributed by atoms with Crippen LogP contribution in [0, 0.1) is 5.92 Å². The summed E-state index contributed by atoms with van der Waals surface area (Å²) in [6.07, 6.45) is 3.18. The third-order valence-corrected chi connectivity index (χ3v) is 2.70. The summed E-state index contributed by atoms with van der Waals surface area (Å²) < 4.78 is 6.99. The second-order valence-corrected chi connectivity index (χ2v) is 3.88. The molecule has 14 heavy (non-hydrogen) atoms. The third kappa shape index (κ3) is 2.13. The van der Waals surface area contributed by atoms with Gasteiger partial charge in [0, 0.05) is 32.2 Å². The van der Waals surface area contributed by atoms with E-state index in [2.05, 4.69) is 5.10 Å². The van der Waals surface area contributed by atoms with E-state index >= 15 is 0 Å². The molecule has 0 aliphatic carbocycles. The van der Waals surface area contributed by atoms with Crippen molar-refractivity contribution in [2.45, 2.75) is 18.9 Å². The van der Waals surface area contributed by atoms with Gasteiger partial charge >= 0.3 is 0 Å². The van der Waals surface area contributed by atoms with E-state index < -0.39 is 0 Å². The van der Waals surface area contributed by atoms with Gasteiger partial charge in [-0.05, 0) is 12.5 Å². The lowest BCUT2D eigenvalue weighted by molar-refractivity contribution is 0.0910. The molecule has 0 bridgehead atoms. The van der Waals surface area contributed by atoms with Gasteiger partial charge in [0.1, 0.15) is 0 Å². The molecular weight excluding hydrogens is 180 g/mol. The van der Waals surface area contributed by atoms with Crippen LogP contribution in [0.4, 0.5) is 0 Å². The highest BCUT2D eigenvalue weighted by molar-refractivity contribution is 5.01. The first-order valence-electron chi connectivity index (χ1n) is 5.00. The van der Waals surface area contributed by atoms with Gasteiger partial charge in [-0.15, -0.1) is 0 Å². The van der Waals surface area contributed by atoms with Crippen molar-refractivity contribution in [3.8, 4) is 0 Å². The standard InChI is InChI=1S/C10H16N2O2/c1-12-4-2-9(11-12)6-10(13)8-3-5-14-7-8/h2,4,8,10,13H,3,5-7H2,1H3. The van der Waals surface area contributed by atoms with Crippen LogP contribution in [0.25, 0.3) is 0 Å². The van der Waals surface area contributed by atoms with Crippen molar-refractivity contribution in [3.05, 3.63) is 18.0 Å². The van der Waals surface area contributed by atoms with Crippen LogP contribution in [0.1, 0.15) is 12.1 Å². The second kappa shape index (κ2) is 4.11. The van der Waals surface area contributed by atoms with Gasteiger partial charge in [-0.1, -0.05) is 0 Å². The number of aryl methyl sites for hydroxylation is 1. The van der Waals surface area contributed by atoms with Gasteiger partial charge in [0.2, 0.25) is 0 Å². The Bertz CT molecular complexity index is 292. The molecule has 0 saturated carbocycles. The summed E-state index contributed by atoms with van der Waals surface area (Å²) in [4.78, 5) is 0. The molecular formula is C10H16N2O2. The Kier molecular flexibility index (Phi) is 2.84. The fraction of sp³-hybridized carbons (Fsp3) is 0.700. The second-order valence-electron chi connectivity index (χ2n) is 3.88. The topological polar surface area (TPSA) is 47.3 Å². The van der Waals surface area contributed by atoms with Crippen LogP contribution in [-0.4, -0.2) is 34.2 Å². The van der Waals surface area contributed by atoms with Gasteiger partial charge in [0.15, 0.2) is 0 Å². The summed E-state index contributed by atoms with van der Waals surface area (Å²) in [6.45, 7) is 1.47. The van der Waals surface area contributed by atoms with Crippen molar-refractivity contribution < 1.29 is 9.84 Å². The maximum Gasteiger partial charge on any atom is 0.0650 e.